The van der Waals surface area contributed by atoms with Crippen molar-refractivity contribution in [3.8, 4) is 0 Å². The Hall–Kier alpha value is -2.08. The van der Waals surface area contributed by atoms with E-state index in [0.29, 0.717) is 18.8 Å². The summed E-state index contributed by atoms with van der Waals surface area (Å²) in [6.07, 6.45) is 3.10. The summed E-state index contributed by atoms with van der Waals surface area (Å²) in [5.41, 5.74) is 1.09. The van der Waals surface area contributed by atoms with Crippen LogP contribution in [0.15, 0.2) is 29.0 Å². The van der Waals surface area contributed by atoms with Crippen LogP contribution in [-0.4, -0.2) is 20.9 Å². The van der Waals surface area contributed by atoms with Gasteiger partial charge in [-0.15, -0.1) is 0 Å². The van der Waals surface area contributed by atoms with Crippen molar-refractivity contribution in [3.05, 3.63) is 41.6 Å². The lowest BCUT2D eigenvalue weighted by Gasteiger charge is -1.98. The number of carboxylic acid groups (broad SMARTS) is 1. The molecule has 0 bridgehead atoms. The third-order valence-corrected chi connectivity index (χ3v) is 2.27. The summed E-state index contributed by atoms with van der Waals surface area (Å²) in [7, 11) is 1.86. The van der Waals surface area contributed by atoms with E-state index in [1.807, 2.05) is 19.3 Å². The van der Waals surface area contributed by atoms with Crippen LogP contribution in [0.25, 0.3) is 0 Å². The topological polar surface area (TPSA) is 80.3 Å². The van der Waals surface area contributed by atoms with Crippen LogP contribution >= 0.6 is 0 Å². The quantitative estimate of drug-likeness (QED) is 0.808. The van der Waals surface area contributed by atoms with Crippen molar-refractivity contribution >= 4 is 5.97 Å². The number of aromatic nitrogens is 2. The molecule has 0 aromatic carbocycles. The Kier molecular flexibility index (Phi) is 3.24. The Bertz CT molecular complexity index is 516. The first-order valence-corrected chi connectivity index (χ1v) is 5.15. The number of aryl methyl sites for hydroxylation is 1. The Morgan fingerprint density at radius 3 is 3.00 bits per heavy atom. The lowest BCUT2D eigenvalue weighted by Crippen LogP contribution is -2.12. The molecule has 0 fully saturated rings. The van der Waals surface area contributed by atoms with E-state index in [1.165, 1.54) is 12.3 Å². The molecule has 0 atom stereocenters. The fraction of sp³-hybridized carbons (Fsp3) is 0.273. The molecule has 0 aliphatic heterocycles. The predicted molar refractivity (Wildman–Crippen MR) is 59.4 cm³/mol. The summed E-state index contributed by atoms with van der Waals surface area (Å²) in [4.78, 5) is 10.6. The summed E-state index contributed by atoms with van der Waals surface area (Å²) in [6.45, 7) is 1.09. The van der Waals surface area contributed by atoms with Gasteiger partial charge in [-0.2, -0.15) is 5.10 Å². The number of aromatic carboxylic acids is 1. The van der Waals surface area contributed by atoms with Gasteiger partial charge in [0.1, 0.15) is 12.0 Å². The molecule has 2 N–H and O–H groups in total. The van der Waals surface area contributed by atoms with E-state index in [0.717, 1.165) is 5.69 Å². The number of furan rings is 1. The van der Waals surface area contributed by atoms with Crippen LogP contribution in [0.3, 0.4) is 0 Å². The Morgan fingerprint density at radius 1 is 1.59 bits per heavy atom. The van der Waals surface area contributed by atoms with Crippen molar-refractivity contribution < 1.29 is 14.3 Å². The average molecular weight is 235 g/mol. The SMILES string of the molecule is Cn1ccc(CNCc2cc(C(=O)O)co2)n1. The van der Waals surface area contributed by atoms with Crippen molar-refractivity contribution in [2.24, 2.45) is 7.05 Å². The third kappa shape index (κ3) is 2.94. The first-order valence-electron chi connectivity index (χ1n) is 5.15. The first kappa shape index (κ1) is 11.4. The zero-order chi connectivity index (χ0) is 12.3. The van der Waals surface area contributed by atoms with E-state index < -0.39 is 5.97 Å². The number of nitrogens with one attached hydrogen (secondary N) is 1. The van der Waals surface area contributed by atoms with Crippen molar-refractivity contribution in [1.82, 2.24) is 15.1 Å². The largest absolute Gasteiger partial charge is 0.478 e. The second-order valence-corrected chi connectivity index (χ2v) is 3.69. The molecule has 0 aliphatic rings. The van der Waals surface area contributed by atoms with E-state index in [1.54, 1.807) is 4.68 Å². The molecule has 0 radical (unpaired) electrons. The van der Waals surface area contributed by atoms with Crippen LogP contribution in [0.5, 0.6) is 0 Å². The maximum Gasteiger partial charge on any atom is 0.338 e. The van der Waals surface area contributed by atoms with Gasteiger partial charge in [0.05, 0.1) is 17.8 Å². The molecule has 2 rings (SSSR count). The molecule has 17 heavy (non-hydrogen) atoms. The molecule has 6 heteroatoms. The van der Waals surface area contributed by atoms with Gasteiger partial charge in [-0.05, 0) is 12.1 Å². The summed E-state index contributed by atoms with van der Waals surface area (Å²) >= 11 is 0. The van der Waals surface area contributed by atoms with Gasteiger partial charge in [0.25, 0.3) is 0 Å². The molecular weight excluding hydrogens is 222 g/mol. The van der Waals surface area contributed by atoms with E-state index in [2.05, 4.69) is 10.4 Å². The molecule has 0 saturated carbocycles. The fourth-order valence-electron chi connectivity index (χ4n) is 1.46. The highest BCUT2D eigenvalue weighted by Crippen LogP contribution is 2.07. The standard InChI is InChI=1S/C11H13N3O3/c1-14-3-2-9(13-14)5-12-6-10-4-8(7-17-10)11(15)16/h2-4,7,12H,5-6H2,1H3,(H,15,16). The van der Waals surface area contributed by atoms with Crippen LogP contribution in [0.4, 0.5) is 0 Å². The second-order valence-electron chi connectivity index (χ2n) is 3.69. The highest BCUT2D eigenvalue weighted by atomic mass is 16.4. The maximum atomic E-state index is 10.6. The number of carbonyl (C=O) groups is 1. The van der Waals surface area contributed by atoms with E-state index in [4.69, 9.17) is 9.52 Å². The fourth-order valence-corrected chi connectivity index (χ4v) is 1.46. The van der Waals surface area contributed by atoms with Crippen molar-refractivity contribution in [3.63, 3.8) is 0 Å². The summed E-state index contributed by atoms with van der Waals surface area (Å²) in [5.74, 6) is -0.386. The van der Waals surface area contributed by atoms with Crippen LogP contribution in [0, 0.1) is 0 Å². The van der Waals surface area contributed by atoms with Gasteiger partial charge in [-0.1, -0.05) is 0 Å². The Balaban J connectivity index is 1.83. The van der Waals surface area contributed by atoms with Gasteiger partial charge in [0.2, 0.25) is 0 Å². The van der Waals surface area contributed by atoms with Crippen LogP contribution in [-0.2, 0) is 20.1 Å². The highest BCUT2D eigenvalue weighted by molar-refractivity contribution is 5.87. The minimum atomic E-state index is -0.982. The molecular formula is C11H13N3O3. The van der Waals surface area contributed by atoms with E-state index in [9.17, 15) is 4.79 Å². The molecule has 0 aliphatic carbocycles. The van der Waals surface area contributed by atoms with Crippen molar-refractivity contribution in [1.29, 1.82) is 0 Å². The van der Waals surface area contributed by atoms with E-state index in [-0.39, 0.29) is 5.56 Å². The monoisotopic (exact) mass is 235 g/mol. The van der Waals surface area contributed by atoms with Crippen molar-refractivity contribution in [2.45, 2.75) is 13.1 Å². The zero-order valence-corrected chi connectivity index (χ0v) is 9.38. The lowest BCUT2D eigenvalue weighted by atomic mass is 10.3. The minimum Gasteiger partial charge on any atom is -0.478 e. The average Bonchev–Trinajstić information content (AvgIpc) is 2.88. The number of rotatable bonds is 5. The van der Waals surface area contributed by atoms with Gasteiger partial charge in [-0.25, -0.2) is 4.79 Å². The van der Waals surface area contributed by atoms with Crippen LogP contribution < -0.4 is 5.32 Å². The molecule has 0 saturated heterocycles. The molecule has 2 heterocycles. The molecule has 2 aromatic rings. The molecule has 6 nitrogen and oxygen atoms in total. The third-order valence-electron chi connectivity index (χ3n) is 2.27. The second kappa shape index (κ2) is 4.84. The van der Waals surface area contributed by atoms with Gasteiger partial charge in [0.15, 0.2) is 0 Å². The Labute approximate surface area is 97.9 Å². The van der Waals surface area contributed by atoms with Gasteiger partial charge in [-0.3, -0.25) is 4.68 Å². The Morgan fingerprint density at radius 2 is 2.41 bits per heavy atom. The minimum absolute atomic E-state index is 0.166. The molecule has 0 spiro atoms. The van der Waals surface area contributed by atoms with Crippen molar-refractivity contribution in [2.75, 3.05) is 0 Å². The van der Waals surface area contributed by atoms with Gasteiger partial charge in [0, 0.05) is 19.8 Å². The maximum absolute atomic E-state index is 10.6. The predicted octanol–water partition coefficient (Wildman–Crippen LogP) is 1.00. The van der Waals surface area contributed by atoms with Crippen LogP contribution in [0.2, 0.25) is 0 Å². The first-order chi connectivity index (χ1) is 8.15. The molecule has 0 unspecified atom stereocenters. The number of carboxylic acids is 1. The van der Waals surface area contributed by atoms with E-state index >= 15 is 0 Å². The number of hydrogen-bond donors (Lipinski definition) is 2. The number of nitrogens with zero attached hydrogens (tertiary/aromatic N) is 2. The summed E-state index contributed by atoms with van der Waals surface area (Å²) < 4.78 is 6.83. The molecule has 2 aromatic heterocycles. The number of hydrogen-bond acceptors (Lipinski definition) is 4. The lowest BCUT2D eigenvalue weighted by molar-refractivity contribution is 0.0696. The smallest absolute Gasteiger partial charge is 0.338 e. The van der Waals surface area contributed by atoms with Gasteiger partial charge < -0.3 is 14.8 Å². The summed E-state index contributed by atoms with van der Waals surface area (Å²) in [6, 6.07) is 3.42. The normalized spacial score (nSPS) is 10.6. The summed E-state index contributed by atoms with van der Waals surface area (Å²) in [5, 5.41) is 16.0. The zero-order valence-electron chi connectivity index (χ0n) is 9.38. The highest BCUT2D eigenvalue weighted by Gasteiger charge is 2.07. The molecule has 90 valence electrons. The van der Waals surface area contributed by atoms with Crippen LogP contribution in [0.1, 0.15) is 21.8 Å². The molecule has 0 amide bonds. The van der Waals surface area contributed by atoms with Gasteiger partial charge >= 0.3 is 5.97 Å².